The Balaban J connectivity index is 1.84. The van der Waals surface area contributed by atoms with Gasteiger partial charge in [0.05, 0.1) is 6.54 Å². The molecule has 3 rings (SSSR count). The SMILES string of the molecule is Cc1cc(OCc2ccc(Cl)cc2F)c(Br)c(=O)n1Cc1cccnc1. The van der Waals surface area contributed by atoms with Gasteiger partial charge in [-0.25, -0.2) is 4.39 Å². The third kappa shape index (κ3) is 4.14. The molecule has 0 saturated carbocycles. The number of hydrogen-bond donors (Lipinski definition) is 0. The van der Waals surface area contributed by atoms with Crippen LogP contribution < -0.4 is 10.3 Å². The summed E-state index contributed by atoms with van der Waals surface area (Å²) in [4.78, 5) is 16.7. The molecule has 2 heterocycles. The van der Waals surface area contributed by atoms with Gasteiger partial charge in [0.15, 0.2) is 0 Å². The van der Waals surface area contributed by atoms with E-state index in [1.54, 1.807) is 35.2 Å². The van der Waals surface area contributed by atoms with E-state index in [1.165, 1.54) is 6.07 Å². The van der Waals surface area contributed by atoms with Crippen LogP contribution in [-0.2, 0) is 13.2 Å². The summed E-state index contributed by atoms with van der Waals surface area (Å²) in [6, 6.07) is 9.85. The van der Waals surface area contributed by atoms with Crippen molar-refractivity contribution in [2.24, 2.45) is 0 Å². The van der Waals surface area contributed by atoms with Gasteiger partial charge in [0.2, 0.25) is 0 Å². The molecule has 0 spiro atoms. The molecule has 2 aromatic heterocycles. The zero-order valence-corrected chi connectivity index (χ0v) is 16.2. The second-order valence-electron chi connectivity index (χ2n) is 5.74. The Morgan fingerprint density at radius 1 is 1.31 bits per heavy atom. The summed E-state index contributed by atoms with van der Waals surface area (Å²) in [5.74, 6) is -0.0837. The molecule has 134 valence electrons. The normalized spacial score (nSPS) is 10.8. The van der Waals surface area contributed by atoms with Crippen molar-refractivity contribution in [2.75, 3.05) is 0 Å². The minimum absolute atomic E-state index is 0.00684. The minimum atomic E-state index is -0.449. The quantitative estimate of drug-likeness (QED) is 0.579. The van der Waals surface area contributed by atoms with E-state index in [9.17, 15) is 9.18 Å². The molecule has 7 heteroatoms. The highest BCUT2D eigenvalue weighted by Gasteiger charge is 2.13. The first-order valence-corrected chi connectivity index (χ1v) is 8.98. The average Bonchev–Trinajstić information content (AvgIpc) is 2.63. The molecular formula is C19H15BrClFN2O2. The van der Waals surface area contributed by atoms with Crippen molar-refractivity contribution in [3.63, 3.8) is 0 Å². The van der Waals surface area contributed by atoms with Gasteiger partial charge in [-0.3, -0.25) is 9.78 Å². The molecule has 3 aromatic rings. The molecule has 0 saturated heterocycles. The van der Waals surface area contributed by atoms with E-state index in [0.717, 1.165) is 11.3 Å². The molecule has 0 fully saturated rings. The van der Waals surface area contributed by atoms with Crippen molar-refractivity contribution in [3.8, 4) is 5.75 Å². The number of hydrogen-bond acceptors (Lipinski definition) is 3. The zero-order chi connectivity index (χ0) is 18.7. The number of aryl methyl sites for hydroxylation is 1. The van der Waals surface area contributed by atoms with Gasteiger partial charge in [-0.1, -0.05) is 23.7 Å². The van der Waals surface area contributed by atoms with Crippen LogP contribution in [-0.4, -0.2) is 9.55 Å². The number of rotatable bonds is 5. The monoisotopic (exact) mass is 436 g/mol. The second-order valence-corrected chi connectivity index (χ2v) is 6.97. The largest absolute Gasteiger partial charge is 0.487 e. The van der Waals surface area contributed by atoms with Gasteiger partial charge in [-0.2, -0.15) is 0 Å². The third-order valence-electron chi connectivity index (χ3n) is 3.88. The highest BCUT2D eigenvalue weighted by molar-refractivity contribution is 9.10. The van der Waals surface area contributed by atoms with Crippen LogP contribution in [0.25, 0.3) is 0 Å². The van der Waals surface area contributed by atoms with Gasteiger partial charge < -0.3 is 9.30 Å². The van der Waals surface area contributed by atoms with Crippen LogP contribution >= 0.6 is 27.5 Å². The fourth-order valence-electron chi connectivity index (χ4n) is 2.49. The van der Waals surface area contributed by atoms with Crippen LogP contribution in [0.1, 0.15) is 16.8 Å². The van der Waals surface area contributed by atoms with E-state index in [2.05, 4.69) is 20.9 Å². The maximum atomic E-state index is 13.9. The smallest absolute Gasteiger partial charge is 0.269 e. The van der Waals surface area contributed by atoms with Crippen molar-refractivity contribution in [1.29, 1.82) is 0 Å². The summed E-state index contributed by atoms with van der Waals surface area (Å²) in [7, 11) is 0. The Hall–Kier alpha value is -2.18. The first-order valence-electron chi connectivity index (χ1n) is 7.81. The van der Waals surface area contributed by atoms with E-state index in [1.807, 2.05) is 19.1 Å². The lowest BCUT2D eigenvalue weighted by atomic mass is 10.2. The van der Waals surface area contributed by atoms with Crippen LogP contribution in [0.15, 0.2) is 58.1 Å². The highest BCUT2D eigenvalue weighted by Crippen LogP contribution is 2.24. The van der Waals surface area contributed by atoms with Crippen LogP contribution in [0.5, 0.6) is 5.75 Å². The fourth-order valence-corrected chi connectivity index (χ4v) is 3.09. The van der Waals surface area contributed by atoms with Crippen molar-refractivity contribution >= 4 is 27.5 Å². The number of nitrogens with zero attached hydrogens (tertiary/aromatic N) is 2. The molecule has 0 N–H and O–H groups in total. The topological polar surface area (TPSA) is 44.1 Å². The molecule has 4 nitrogen and oxygen atoms in total. The van der Waals surface area contributed by atoms with Crippen LogP contribution in [0, 0.1) is 12.7 Å². The Kier molecular flexibility index (Phi) is 5.74. The van der Waals surface area contributed by atoms with Crippen LogP contribution in [0.2, 0.25) is 5.02 Å². The first kappa shape index (κ1) is 18.6. The predicted molar refractivity (Wildman–Crippen MR) is 102 cm³/mol. The molecule has 0 aliphatic heterocycles. The van der Waals surface area contributed by atoms with Gasteiger partial charge in [-0.05, 0) is 46.6 Å². The summed E-state index contributed by atoms with van der Waals surface area (Å²) in [6.07, 6.45) is 3.40. The summed E-state index contributed by atoms with van der Waals surface area (Å²) >= 11 is 9.04. The number of pyridine rings is 2. The Labute approximate surface area is 163 Å². The van der Waals surface area contributed by atoms with E-state index < -0.39 is 5.82 Å². The Morgan fingerprint density at radius 2 is 2.12 bits per heavy atom. The molecule has 0 aliphatic carbocycles. The number of aromatic nitrogens is 2. The molecule has 0 amide bonds. The highest BCUT2D eigenvalue weighted by atomic mass is 79.9. The third-order valence-corrected chi connectivity index (χ3v) is 4.84. The molecule has 0 atom stereocenters. The molecule has 0 bridgehead atoms. The van der Waals surface area contributed by atoms with Crippen LogP contribution in [0.3, 0.4) is 0 Å². The lowest BCUT2D eigenvalue weighted by Gasteiger charge is -2.15. The molecule has 1 aromatic carbocycles. The Bertz CT molecular complexity index is 993. The average molecular weight is 438 g/mol. The maximum absolute atomic E-state index is 13.9. The lowest BCUT2D eigenvalue weighted by Crippen LogP contribution is -2.24. The summed E-state index contributed by atoms with van der Waals surface area (Å²) in [6.45, 7) is 2.22. The lowest BCUT2D eigenvalue weighted by molar-refractivity contribution is 0.296. The first-order chi connectivity index (χ1) is 12.5. The van der Waals surface area contributed by atoms with Gasteiger partial charge >= 0.3 is 0 Å². The fraction of sp³-hybridized carbons (Fsp3) is 0.158. The maximum Gasteiger partial charge on any atom is 0.269 e. The molecule has 26 heavy (non-hydrogen) atoms. The predicted octanol–water partition coefficient (Wildman–Crippen LogP) is 4.73. The molecule has 0 radical (unpaired) electrons. The Morgan fingerprint density at radius 3 is 2.81 bits per heavy atom. The van der Waals surface area contributed by atoms with Gasteiger partial charge in [0.25, 0.3) is 5.56 Å². The van der Waals surface area contributed by atoms with E-state index >= 15 is 0 Å². The summed E-state index contributed by atoms with van der Waals surface area (Å²) in [5.41, 5.74) is 1.79. The van der Waals surface area contributed by atoms with Gasteiger partial charge in [0.1, 0.15) is 22.6 Å². The summed E-state index contributed by atoms with van der Waals surface area (Å²) in [5, 5.41) is 0.321. The van der Waals surface area contributed by atoms with Crippen molar-refractivity contribution in [3.05, 3.63) is 91.3 Å². The van der Waals surface area contributed by atoms with Crippen molar-refractivity contribution in [2.45, 2.75) is 20.1 Å². The van der Waals surface area contributed by atoms with E-state index in [-0.39, 0.29) is 12.2 Å². The standard InChI is InChI=1S/C19H15BrClFN2O2/c1-12-7-17(26-11-14-4-5-15(21)8-16(14)22)18(20)19(25)24(12)10-13-3-2-6-23-9-13/h2-9H,10-11H2,1H3. The molecular weight excluding hydrogens is 423 g/mol. The number of halogens is 3. The summed E-state index contributed by atoms with van der Waals surface area (Å²) < 4.78 is 21.4. The number of benzene rings is 1. The second kappa shape index (κ2) is 8.01. The zero-order valence-electron chi connectivity index (χ0n) is 13.9. The van der Waals surface area contributed by atoms with Crippen molar-refractivity contribution < 1.29 is 9.13 Å². The minimum Gasteiger partial charge on any atom is -0.487 e. The van der Waals surface area contributed by atoms with E-state index in [4.69, 9.17) is 16.3 Å². The molecule has 0 aliphatic rings. The molecule has 0 unspecified atom stereocenters. The van der Waals surface area contributed by atoms with Crippen molar-refractivity contribution in [1.82, 2.24) is 9.55 Å². The van der Waals surface area contributed by atoms with Gasteiger partial charge in [0, 0.05) is 34.7 Å². The number of ether oxygens (including phenoxy) is 1. The van der Waals surface area contributed by atoms with Gasteiger partial charge in [-0.15, -0.1) is 0 Å². The van der Waals surface area contributed by atoms with Crippen LogP contribution in [0.4, 0.5) is 4.39 Å². The van der Waals surface area contributed by atoms with E-state index in [0.29, 0.717) is 27.4 Å².